The zero-order chi connectivity index (χ0) is 25.4. The van der Waals surface area contributed by atoms with Gasteiger partial charge in [-0.3, -0.25) is 0 Å². The molecule has 4 aromatic rings. The largest absolute Gasteiger partial charge is 0.435 e. The highest BCUT2D eigenvalue weighted by Crippen LogP contribution is 2.36. The van der Waals surface area contributed by atoms with Crippen LogP contribution in [0.15, 0.2) is 83.9 Å². The van der Waals surface area contributed by atoms with Crippen molar-refractivity contribution >= 4 is 21.6 Å². The van der Waals surface area contributed by atoms with Gasteiger partial charge in [0.15, 0.2) is 15.5 Å². The lowest BCUT2D eigenvalue weighted by atomic mass is 9.97. The van der Waals surface area contributed by atoms with E-state index in [1.165, 1.54) is 30.3 Å². The Bertz CT molecular complexity index is 1510. The number of carbonyl (C=O) groups excluding carboxylic acids is 1. The Hall–Kier alpha value is -3.99. The minimum absolute atomic E-state index is 0.0748. The third-order valence-corrected chi connectivity index (χ3v) is 6.22. The average Bonchev–Trinajstić information content (AvgIpc) is 3.30. The maximum absolute atomic E-state index is 15.7. The molecule has 0 saturated heterocycles. The molecule has 0 radical (unpaired) electrons. The summed E-state index contributed by atoms with van der Waals surface area (Å²) in [4.78, 5) is 12.2. The summed E-state index contributed by atoms with van der Waals surface area (Å²) < 4.78 is 79.1. The predicted molar refractivity (Wildman–Crippen MR) is 122 cm³/mol. The number of sulfone groups is 1. The Morgan fingerprint density at radius 2 is 1.63 bits per heavy atom. The summed E-state index contributed by atoms with van der Waals surface area (Å²) in [6.07, 6.45) is -2.83. The minimum Gasteiger partial charge on any atom is -0.306 e. The fraction of sp³-hybridized carbons (Fsp3) is 0.0833. The van der Waals surface area contributed by atoms with Gasteiger partial charge in [0, 0.05) is 29.3 Å². The molecule has 11 heteroatoms. The number of hydrogen-bond acceptors (Lipinski definition) is 4. The van der Waals surface area contributed by atoms with Gasteiger partial charge in [-0.2, -0.15) is 23.0 Å². The van der Waals surface area contributed by atoms with Crippen LogP contribution in [0.2, 0.25) is 0 Å². The number of alkyl halides is 3. The molecule has 0 saturated carbocycles. The van der Waals surface area contributed by atoms with Crippen LogP contribution in [0.3, 0.4) is 0 Å². The number of halogens is 4. The first-order chi connectivity index (χ1) is 16.4. The molecule has 4 rings (SSSR count). The van der Waals surface area contributed by atoms with E-state index in [2.05, 4.69) is 10.4 Å². The zero-order valence-corrected chi connectivity index (χ0v) is 18.9. The summed E-state index contributed by atoms with van der Waals surface area (Å²) >= 11 is 0. The van der Waals surface area contributed by atoms with E-state index in [4.69, 9.17) is 0 Å². The second-order valence-corrected chi connectivity index (χ2v) is 9.58. The van der Waals surface area contributed by atoms with E-state index >= 15 is 4.39 Å². The average molecular weight is 503 g/mol. The Morgan fingerprint density at radius 3 is 2.26 bits per heavy atom. The summed E-state index contributed by atoms with van der Waals surface area (Å²) in [5, 5.41) is 5.62. The molecule has 1 heterocycles. The highest BCUT2D eigenvalue weighted by molar-refractivity contribution is 7.90. The molecule has 6 nitrogen and oxygen atoms in total. The van der Waals surface area contributed by atoms with E-state index in [0.29, 0.717) is 21.9 Å². The Labute approximate surface area is 197 Å². The topological polar surface area (TPSA) is 81.1 Å². The third-order valence-electron chi connectivity index (χ3n) is 5.08. The van der Waals surface area contributed by atoms with Crippen LogP contribution in [0.1, 0.15) is 5.69 Å². The van der Waals surface area contributed by atoms with Crippen molar-refractivity contribution in [2.75, 3.05) is 11.6 Å². The van der Waals surface area contributed by atoms with Crippen molar-refractivity contribution in [3.05, 3.63) is 90.5 Å². The van der Waals surface area contributed by atoms with Crippen LogP contribution in [-0.2, 0) is 16.0 Å². The molecule has 0 aliphatic carbocycles. The number of nitrogens with zero attached hydrogens (tertiary/aromatic N) is 2. The van der Waals surface area contributed by atoms with Crippen molar-refractivity contribution in [3.8, 4) is 22.3 Å². The smallest absolute Gasteiger partial charge is 0.306 e. The third kappa shape index (κ3) is 5.09. The normalized spacial score (nSPS) is 11.9. The summed E-state index contributed by atoms with van der Waals surface area (Å²) in [7, 11) is -3.75. The van der Waals surface area contributed by atoms with Crippen LogP contribution in [-0.4, -0.2) is 30.5 Å². The quantitative estimate of drug-likeness (QED) is 0.354. The molecule has 1 amide bonds. The van der Waals surface area contributed by atoms with Gasteiger partial charge < -0.3 is 5.32 Å². The van der Waals surface area contributed by atoms with Crippen molar-refractivity contribution in [2.24, 2.45) is 0 Å². The number of nitrogens with one attached hydrogen (secondary N) is 1. The van der Waals surface area contributed by atoms with E-state index in [0.717, 1.165) is 12.5 Å². The maximum atomic E-state index is 15.7. The summed E-state index contributed by atoms with van der Waals surface area (Å²) in [6, 6.07) is 16.5. The first-order valence-corrected chi connectivity index (χ1v) is 12.0. The van der Waals surface area contributed by atoms with Crippen LogP contribution >= 0.6 is 0 Å². The van der Waals surface area contributed by atoms with Crippen molar-refractivity contribution in [3.63, 3.8) is 0 Å². The van der Waals surface area contributed by atoms with Gasteiger partial charge in [-0.15, -0.1) is 0 Å². The van der Waals surface area contributed by atoms with E-state index < -0.39 is 33.6 Å². The molecular formula is C24H17F4N3O3S. The standard InChI is InChI=1S/C24H17F4N3O3S/c1-35(33,34)19-11-10-18(22(25)21(19)15-6-3-2-4-7-15)16-8-5-9-17(14-16)29-23(32)31-13-12-20(30-31)24(26,27)28/h2-14H,1H3,(H,29,32). The zero-order valence-electron chi connectivity index (χ0n) is 18.0. The van der Waals surface area contributed by atoms with Gasteiger partial charge in [0.1, 0.15) is 5.82 Å². The number of anilines is 1. The molecule has 0 aliphatic rings. The van der Waals surface area contributed by atoms with Crippen LogP contribution in [0, 0.1) is 5.82 Å². The van der Waals surface area contributed by atoms with Gasteiger partial charge >= 0.3 is 12.2 Å². The first-order valence-electron chi connectivity index (χ1n) is 10.1. The highest BCUT2D eigenvalue weighted by atomic mass is 32.2. The summed E-state index contributed by atoms with van der Waals surface area (Å²) in [5.74, 6) is -0.774. The van der Waals surface area contributed by atoms with Crippen molar-refractivity contribution in [1.29, 1.82) is 0 Å². The molecule has 0 atom stereocenters. The lowest BCUT2D eigenvalue weighted by molar-refractivity contribution is -0.141. The molecule has 35 heavy (non-hydrogen) atoms. The van der Waals surface area contributed by atoms with Crippen LogP contribution in [0.4, 0.5) is 28.0 Å². The van der Waals surface area contributed by atoms with Gasteiger partial charge in [0.05, 0.1) is 4.90 Å². The van der Waals surface area contributed by atoms with Crippen LogP contribution in [0.5, 0.6) is 0 Å². The summed E-state index contributed by atoms with van der Waals surface area (Å²) in [6.45, 7) is 0. The van der Waals surface area contributed by atoms with Crippen LogP contribution in [0.25, 0.3) is 22.3 Å². The fourth-order valence-electron chi connectivity index (χ4n) is 3.50. The molecule has 0 aliphatic heterocycles. The fourth-order valence-corrected chi connectivity index (χ4v) is 4.39. The maximum Gasteiger partial charge on any atom is 0.435 e. The lowest BCUT2D eigenvalue weighted by Gasteiger charge is -2.14. The molecule has 0 fully saturated rings. The molecule has 180 valence electrons. The first kappa shape index (κ1) is 24.1. The van der Waals surface area contributed by atoms with Gasteiger partial charge in [-0.1, -0.05) is 48.5 Å². The number of aromatic nitrogens is 2. The van der Waals surface area contributed by atoms with E-state index in [-0.39, 0.29) is 21.7 Å². The Morgan fingerprint density at radius 1 is 0.943 bits per heavy atom. The molecule has 0 bridgehead atoms. The SMILES string of the molecule is CS(=O)(=O)c1ccc(-c2cccc(NC(=O)n3ccc(C(F)(F)F)n3)c2)c(F)c1-c1ccccc1. The van der Waals surface area contributed by atoms with E-state index in [1.807, 2.05) is 0 Å². The van der Waals surface area contributed by atoms with Gasteiger partial charge in [-0.25, -0.2) is 17.6 Å². The van der Waals surface area contributed by atoms with Gasteiger partial charge in [0.2, 0.25) is 0 Å². The summed E-state index contributed by atoms with van der Waals surface area (Å²) in [5.41, 5.74) is -0.376. The van der Waals surface area contributed by atoms with Gasteiger partial charge in [-0.05, 0) is 35.4 Å². The van der Waals surface area contributed by atoms with E-state index in [1.54, 1.807) is 36.4 Å². The number of rotatable bonds is 4. The number of carbonyl (C=O) groups is 1. The van der Waals surface area contributed by atoms with Gasteiger partial charge in [0.25, 0.3) is 0 Å². The molecule has 1 aromatic heterocycles. The lowest BCUT2D eigenvalue weighted by Crippen LogP contribution is -2.21. The van der Waals surface area contributed by atoms with Crippen LogP contribution < -0.4 is 5.32 Å². The molecule has 1 N–H and O–H groups in total. The second-order valence-electron chi connectivity index (χ2n) is 7.59. The molecule has 3 aromatic carbocycles. The highest BCUT2D eigenvalue weighted by Gasteiger charge is 2.34. The minimum atomic E-state index is -4.70. The molecule has 0 unspecified atom stereocenters. The molecule has 0 spiro atoms. The van der Waals surface area contributed by atoms with Crippen molar-refractivity contribution < 1.29 is 30.8 Å². The number of amides is 1. The van der Waals surface area contributed by atoms with E-state index in [9.17, 15) is 26.4 Å². The molecular weight excluding hydrogens is 486 g/mol. The Balaban J connectivity index is 1.72. The number of hydrogen-bond donors (Lipinski definition) is 1. The predicted octanol–water partition coefficient (Wildman–Crippen LogP) is 5.86. The number of benzene rings is 3. The monoisotopic (exact) mass is 503 g/mol. The van der Waals surface area contributed by atoms with Crippen molar-refractivity contribution in [1.82, 2.24) is 9.78 Å². The second kappa shape index (κ2) is 8.99. The Kier molecular flexibility index (Phi) is 6.20. The van der Waals surface area contributed by atoms with Crippen molar-refractivity contribution in [2.45, 2.75) is 11.1 Å².